The monoisotopic (exact) mass is 380 g/mol. The van der Waals surface area contributed by atoms with Crippen molar-refractivity contribution in [2.75, 3.05) is 10.6 Å². The van der Waals surface area contributed by atoms with Gasteiger partial charge in [0, 0.05) is 34.6 Å². The summed E-state index contributed by atoms with van der Waals surface area (Å²) in [5.41, 5.74) is 0.944. The minimum atomic E-state index is 0.428. The number of anilines is 3. The van der Waals surface area contributed by atoms with E-state index in [2.05, 4.69) is 33.9 Å². The Labute approximate surface area is 162 Å². The van der Waals surface area contributed by atoms with Gasteiger partial charge in [0.1, 0.15) is 5.82 Å². The van der Waals surface area contributed by atoms with E-state index < -0.39 is 0 Å². The van der Waals surface area contributed by atoms with Crippen LogP contribution in [0.5, 0.6) is 0 Å². The molecule has 7 heteroatoms. The minimum Gasteiger partial charge on any atom is -0.351 e. The maximum absolute atomic E-state index is 4.81. The third-order valence-corrected chi connectivity index (χ3v) is 6.33. The number of aryl methyl sites for hydroxylation is 1. The third-order valence-electron chi connectivity index (χ3n) is 5.50. The normalized spacial score (nSPS) is 24.7. The zero-order valence-electron chi connectivity index (χ0n) is 15.4. The van der Waals surface area contributed by atoms with Gasteiger partial charge in [-0.25, -0.2) is 9.97 Å². The molecule has 0 saturated carbocycles. The van der Waals surface area contributed by atoms with Gasteiger partial charge in [-0.3, -0.25) is 0 Å². The molecule has 27 heavy (non-hydrogen) atoms. The number of hydrogen-bond donors (Lipinski definition) is 3. The van der Waals surface area contributed by atoms with Crippen molar-refractivity contribution in [1.82, 2.24) is 20.3 Å². The highest BCUT2D eigenvalue weighted by atomic mass is 32.1. The molecule has 2 aliphatic heterocycles. The van der Waals surface area contributed by atoms with Crippen molar-refractivity contribution in [1.29, 1.82) is 0 Å². The molecule has 0 amide bonds. The Morgan fingerprint density at radius 1 is 1.11 bits per heavy atom. The summed E-state index contributed by atoms with van der Waals surface area (Å²) >= 11 is 1.63. The maximum atomic E-state index is 4.81. The Morgan fingerprint density at radius 3 is 2.70 bits per heavy atom. The average molecular weight is 381 g/mol. The summed E-state index contributed by atoms with van der Waals surface area (Å²) in [7, 11) is 0. The number of para-hydroxylation sites is 1. The van der Waals surface area contributed by atoms with Crippen molar-refractivity contribution < 1.29 is 0 Å². The van der Waals surface area contributed by atoms with Crippen molar-refractivity contribution in [3.63, 3.8) is 0 Å². The molecule has 3 N–H and O–H groups in total. The predicted octanol–water partition coefficient (Wildman–Crippen LogP) is 4.22. The van der Waals surface area contributed by atoms with Gasteiger partial charge in [0.15, 0.2) is 5.13 Å². The zero-order chi connectivity index (χ0) is 18.2. The van der Waals surface area contributed by atoms with Gasteiger partial charge >= 0.3 is 0 Å². The van der Waals surface area contributed by atoms with E-state index in [1.165, 1.54) is 24.1 Å². The van der Waals surface area contributed by atoms with E-state index in [0.29, 0.717) is 24.1 Å². The fraction of sp³-hybridized carbons (Fsp3) is 0.450. The second-order valence-electron chi connectivity index (χ2n) is 7.62. The lowest BCUT2D eigenvalue weighted by atomic mass is 9.84. The number of piperidine rings is 2. The molecule has 2 aliphatic rings. The Balaban J connectivity index is 1.44. The topological polar surface area (TPSA) is 74.8 Å². The van der Waals surface area contributed by atoms with Crippen LogP contribution in [-0.2, 0) is 0 Å². The number of thiazole rings is 1. The lowest BCUT2D eigenvalue weighted by Crippen LogP contribution is -2.52. The van der Waals surface area contributed by atoms with E-state index in [1.54, 1.807) is 11.3 Å². The number of hydrogen-bond acceptors (Lipinski definition) is 7. The molecule has 5 rings (SSSR count). The molecular weight excluding hydrogens is 356 g/mol. The van der Waals surface area contributed by atoms with Gasteiger partial charge in [0.05, 0.1) is 5.52 Å². The first-order chi connectivity index (χ1) is 13.2. The standard InChI is InChI=1S/C20H24N6S/c1-12-11-21-20(27-12)26-18-16-7-2-3-8-17(16)24-19(25-18)23-15-9-13-5-4-6-14(10-15)22-13/h2-3,7-8,11,13-15,22H,4-6,9-10H2,1H3,(H2,21,23,24,25,26). The number of rotatable bonds is 4. The average Bonchev–Trinajstić information content (AvgIpc) is 3.06. The van der Waals surface area contributed by atoms with Crippen molar-refractivity contribution in [2.45, 2.75) is 57.2 Å². The maximum Gasteiger partial charge on any atom is 0.225 e. The molecule has 2 bridgehead atoms. The molecule has 2 aromatic heterocycles. The highest BCUT2D eigenvalue weighted by Crippen LogP contribution is 2.30. The van der Waals surface area contributed by atoms with E-state index in [9.17, 15) is 0 Å². The van der Waals surface area contributed by atoms with Crippen molar-refractivity contribution in [3.05, 3.63) is 35.3 Å². The van der Waals surface area contributed by atoms with Crippen LogP contribution < -0.4 is 16.0 Å². The number of nitrogens with one attached hydrogen (secondary N) is 3. The number of aromatic nitrogens is 3. The van der Waals surface area contributed by atoms with Gasteiger partial charge in [-0.15, -0.1) is 11.3 Å². The van der Waals surface area contributed by atoms with E-state index in [-0.39, 0.29) is 0 Å². The van der Waals surface area contributed by atoms with Crippen LogP contribution >= 0.6 is 11.3 Å². The van der Waals surface area contributed by atoms with Gasteiger partial charge in [-0.1, -0.05) is 18.6 Å². The van der Waals surface area contributed by atoms with Gasteiger partial charge in [-0.2, -0.15) is 4.98 Å². The zero-order valence-corrected chi connectivity index (χ0v) is 16.2. The van der Waals surface area contributed by atoms with Crippen LogP contribution in [0.2, 0.25) is 0 Å². The smallest absolute Gasteiger partial charge is 0.225 e. The van der Waals surface area contributed by atoms with Gasteiger partial charge < -0.3 is 16.0 Å². The van der Waals surface area contributed by atoms with Crippen LogP contribution in [0.1, 0.15) is 37.0 Å². The molecule has 0 radical (unpaired) electrons. The van der Waals surface area contributed by atoms with Crippen LogP contribution in [0, 0.1) is 6.92 Å². The second-order valence-corrected chi connectivity index (χ2v) is 8.85. The van der Waals surface area contributed by atoms with Crippen molar-refractivity contribution >= 4 is 39.1 Å². The van der Waals surface area contributed by atoms with Crippen LogP contribution in [0.4, 0.5) is 16.9 Å². The molecule has 1 aromatic carbocycles. The summed E-state index contributed by atoms with van der Waals surface area (Å²) in [6.07, 6.45) is 8.07. The highest BCUT2D eigenvalue weighted by molar-refractivity contribution is 7.15. The summed E-state index contributed by atoms with van der Waals surface area (Å²) in [6, 6.07) is 9.82. The first-order valence-corrected chi connectivity index (χ1v) is 10.5. The third kappa shape index (κ3) is 3.61. The summed E-state index contributed by atoms with van der Waals surface area (Å²) < 4.78 is 0. The molecule has 2 saturated heterocycles. The van der Waals surface area contributed by atoms with Gasteiger partial charge in [-0.05, 0) is 44.7 Å². The molecule has 4 heterocycles. The Kier molecular flexibility index (Phi) is 4.41. The molecule has 2 unspecified atom stereocenters. The Morgan fingerprint density at radius 2 is 1.93 bits per heavy atom. The molecule has 6 nitrogen and oxygen atoms in total. The quantitative estimate of drug-likeness (QED) is 0.629. The molecule has 2 atom stereocenters. The molecule has 140 valence electrons. The lowest BCUT2D eigenvalue weighted by molar-refractivity contribution is 0.230. The van der Waals surface area contributed by atoms with Crippen molar-refractivity contribution in [2.24, 2.45) is 0 Å². The molecule has 3 aromatic rings. The van der Waals surface area contributed by atoms with E-state index in [0.717, 1.165) is 34.7 Å². The molecule has 0 spiro atoms. The minimum absolute atomic E-state index is 0.428. The largest absolute Gasteiger partial charge is 0.351 e. The van der Waals surface area contributed by atoms with Crippen LogP contribution in [-0.4, -0.2) is 33.1 Å². The number of nitrogens with zero attached hydrogens (tertiary/aromatic N) is 3. The summed E-state index contributed by atoms with van der Waals surface area (Å²) in [5, 5.41) is 12.6. The van der Waals surface area contributed by atoms with Crippen LogP contribution in [0.3, 0.4) is 0 Å². The SMILES string of the molecule is Cc1cnc(Nc2nc(NC3CC4CCCC(C3)N4)nc3ccccc23)s1. The van der Waals surface area contributed by atoms with E-state index in [1.807, 2.05) is 24.4 Å². The van der Waals surface area contributed by atoms with Gasteiger partial charge in [0.25, 0.3) is 0 Å². The Bertz CT molecular complexity index is 943. The van der Waals surface area contributed by atoms with E-state index in [4.69, 9.17) is 9.97 Å². The summed E-state index contributed by atoms with van der Waals surface area (Å²) in [6.45, 7) is 2.06. The highest BCUT2D eigenvalue weighted by Gasteiger charge is 2.31. The van der Waals surface area contributed by atoms with Gasteiger partial charge in [0.2, 0.25) is 5.95 Å². The molecule has 2 fully saturated rings. The first kappa shape index (κ1) is 16.9. The fourth-order valence-electron chi connectivity index (χ4n) is 4.32. The first-order valence-electron chi connectivity index (χ1n) is 9.72. The lowest BCUT2D eigenvalue weighted by Gasteiger charge is -2.40. The number of fused-ring (bicyclic) bond motifs is 3. The summed E-state index contributed by atoms with van der Waals surface area (Å²) in [5.74, 6) is 1.51. The fourth-order valence-corrected chi connectivity index (χ4v) is 4.98. The molecule has 0 aliphatic carbocycles. The molecular formula is C20H24N6S. The van der Waals surface area contributed by atoms with Crippen LogP contribution in [0.25, 0.3) is 10.9 Å². The summed E-state index contributed by atoms with van der Waals surface area (Å²) in [4.78, 5) is 15.2. The number of benzene rings is 1. The van der Waals surface area contributed by atoms with Crippen LogP contribution in [0.15, 0.2) is 30.5 Å². The van der Waals surface area contributed by atoms with Crippen molar-refractivity contribution in [3.8, 4) is 0 Å². The Hall–Kier alpha value is -2.25. The van der Waals surface area contributed by atoms with E-state index >= 15 is 0 Å². The second kappa shape index (κ2) is 7.05. The predicted molar refractivity (Wildman–Crippen MR) is 111 cm³/mol.